The molecule has 3 heteroatoms. The van der Waals surface area contributed by atoms with Crippen molar-refractivity contribution in [2.45, 2.75) is 6.92 Å². The molecule has 0 saturated heterocycles. The zero-order valence-corrected chi connectivity index (χ0v) is 4.76. The highest BCUT2D eigenvalue weighted by Crippen LogP contribution is 1.68. The number of allylic oxidation sites excluding steroid dienone is 1. The van der Waals surface area contributed by atoms with Gasteiger partial charge in [-0.15, -0.1) is 0 Å². The van der Waals surface area contributed by atoms with Crippen molar-refractivity contribution >= 4 is 12.1 Å². The molecule has 8 heavy (non-hydrogen) atoms. The molecule has 0 aliphatic rings. The summed E-state index contributed by atoms with van der Waals surface area (Å²) in [6.07, 6.45) is 4.61. The van der Waals surface area contributed by atoms with Crippen LogP contribution in [0.3, 0.4) is 0 Å². The van der Waals surface area contributed by atoms with Crippen molar-refractivity contribution in [1.82, 2.24) is 0 Å². The van der Waals surface area contributed by atoms with Crippen LogP contribution in [-0.2, 0) is 0 Å². The van der Waals surface area contributed by atoms with Crippen molar-refractivity contribution in [2.75, 3.05) is 0 Å². The Kier molecular flexibility index (Phi) is 3.48. The van der Waals surface area contributed by atoms with E-state index in [4.69, 9.17) is 11.1 Å². The number of rotatable bonds is 2. The van der Waals surface area contributed by atoms with E-state index in [0.717, 1.165) is 0 Å². The van der Waals surface area contributed by atoms with Crippen LogP contribution >= 0.6 is 0 Å². The van der Waals surface area contributed by atoms with E-state index in [0.29, 0.717) is 0 Å². The number of nitrogens with zero attached hydrogens (tertiary/aromatic N) is 1. The third-order valence-electron chi connectivity index (χ3n) is 0.449. The Hall–Kier alpha value is -1.12. The minimum absolute atomic E-state index is 0.0249. The fourth-order valence-corrected chi connectivity index (χ4v) is 0.209. The molecule has 0 unspecified atom stereocenters. The first kappa shape index (κ1) is 6.88. The molecule has 0 rings (SSSR count). The van der Waals surface area contributed by atoms with Gasteiger partial charge in [0, 0.05) is 6.20 Å². The van der Waals surface area contributed by atoms with Crippen LogP contribution in [-0.4, -0.2) is 12.1 Å². The van der Waals surface area contributed by atoms with Gasteiger partial charge in [-0.25, -0.2) is 0 Å². The molecule has 0 bridgehead atoms. The number of hydrogen-bond acceptors (Lipinski definition) is 2. The van der Waals surface area contributed by atoms with Crippen LogP contribution in [0.25, 0.3) is 0 Å². The molecule has 3 nitrogen and oxygen atoms in total. The summed E-state index contributed by atoms with van der Waals surface area (Å²) in [5.74, 6) is -0.0249. The second-order valence-electron chi connectivity index (χ2n) is 1.22. The van der Waals surface area contributed by atoms with E-state index in [9.17, 15) is 0 Å². The van der Waals surface area contributed by atoms with Gasteiger partial charge < -0.3 is 5.73 Å². The van der Waals surface area contributed by atoms with Gasteiger partial charge in [-0.2, -0.15) is 0 Å². The van der Waals surface area contributed by atoms with E-state index in [-0.39, 0.29) is 5.84 Å². The molecule has 0 aromatic carbocycles. The smallest absolute Gasteiger partial charge is 0.134 e. The monoisotopic (exact) mass is 111 g/mol. The van der Waals surface area contributed by atoms with E-state index in [2.05, 4.69) is 4.99 Å². The number of aliphatic imine (C=N–C) groups is 1. The van der Waals surface area contributed by atoms with Gasteiger partial charge in [0.1, 0.15) is 5.84 Å². The van der Waals surface area contributed by atoms with Crippen molar-refractivity contribution in [2.24, 2.45) is 10.7 Å². The Labute approximate surface area is 48.4 Å². The molecule has 0 aromatic heterocycles. The second kappa shape index (κ2) is 4.05. The molecule has 44 valence electrons. The average molecular weight is 111 g/mol. The fraction of sp³-hybridized carbons (Fsp3) is 0.200. The number of nitrogens with one attached hydrogen (secondary N) is 1. The summed E-state index contributed by atoms with van der Waals surface area (Å²) in [7, 11) is 0. The molecule has 0 fully saturated rings. The Morgan fingerprint density at radius 1 is 1.75 bits per heavy atom. The van der Waals surface area contributed by atoms with Crippen molar-refractivity contribution in [3.63, 3.8) is 0 Å². The molecular weight excluding hydrogens is 102 g/mol. The third kappa shape index (κ3) is 4.88. The van der Waals surface area contributed by atoms with Gasteiger partial charge in [0.2, 0.25) is 0 Å². The lowest BCUT2D eigenvalue weighted by Gasteiger charge is -1.77. The highest BCUT2D eigenvalue weighted by Gasteiger charge is 1.70. The predicted molar refractivity (Wildman–Crippen MR) is 35.2 cm³/mol. The summed E-state index contributed by atoms with van der Waals surface area (Å²) >= 11 is 0. The molecular formula is C5H9N3. The summed E-state index contributed by atoms with van der Waals surface area (Å²) in [4.78, 5) is 3.63. The Bertz CT molecular complexity index is 124. The molecule has 0 saturated carbocycles. The first-order chi connectivity index (χ1) is 3.77. The quantitative estimate of drug-likeness (QED) is 0.396. The predicted octanol–water partition coefficient (Wildman–Crippen LogP) is 0.527. The lowest BCUT2D eigenvalue weighted by atomic mass is 10.6. The van der Waals surface area contributed by atoms with Crippen LogP contribution in [0.5, 0.6) is 0 Å². The Balaban J connectivity index is 3.50. The first-order valence-electron chi connectivity index (χ1n) is 2.25. The normalized spacial score (nSPS) is 11.1. The molecule has 0 atom stereocenters. The Morgan fingerprint density at radius 3 is 2.75 bits per heavy atom. The van der Waals surface area contributed by atoms with Crippen LogP contribution in [0, 0.1) is 5.41 Å². The van der Waals surface area contributed by atoms with Gasteiger partial charge >= 0.3 is 0 Å². The van der Waals surface area contributed by atoms with E-state index in [1.807, 2.05) is 6.92 Å². The largest absolute Gasteiger partial charge is 0.383 e. The highest BCUT2D eigenvalue weighted by molar-refractivity contribution is 6.27. The van der Waals surface area contributed by atoms with Crippen molar-refractivity contribution in [3.05, 3.63) is 12.3 Å². The number of nitrogens with two attached hydrogens (primary N) is 1. The summed E-state index contributed by atoms with van der Waals surface area (Å²) < 4.78 is 0. The topological polar surface area (TPSA) is 62.2 Å². The van der Waals surface area contributed by atoms with Gasteiger partial charge in [-0.3, -0.25) is 10.4 Å². The fourth-order valence-electron chi connectivity index (χ4n) is 0.209. The van der Waals surface area contributed by atoms with Crippen molar-refractivity contribution < 1.29 is 0 Å². The van der Waals surface area contributed by atoms with Gasteiger partial charge in [-0.05, 0) is 6.92 Å². The maximum Gasteiger partial charge on any atom is 0.134 e. The van der Waals surface area contributed by atoms with E-state index < -0.39 is 0 Å². The van der Waals surface area contributed by atoms with Crippen LogP contribution in [0.15, 0.2) is 17.3 Å². The standard InChI is InChI=1S/C5H9N3/c1-2-3-8-4-5(6)7/h2-4H,1H3,(H3,6,7)/b3-2-,8-4?. The van der Waals surface area contributed by atoms with Gasteiger partial charge in [-0.1, -0.05) is 6.08 Å². The average Bonchev–Trinajstić information content (AvgIpc) is 1.66. The second-order valence-corrected chi connectivity index (χ2v) is 1.22. The maximum atomic E-state index is 6.67. The maximum absolute atomic E-state index is 6.67. The van der Waals surface area contributed by atoms with Crippen molar-refractivity contribution in [1.29, 1.82) is 5.41 Å². The molecule has 0 aromatic rings. The third-order valence-corrected chi connectivity index (χ3v) is 0.449. The molecule has 0 amide bonds. The van der Waals surface area contributed by atoms with Gasteiger partial charge in [0.05, 0.1) is 6.21 Å². The molecule has 0 heterocycles. The molecule has 3 N–H and O–H groups in total. The summed E-state index contributed by atoms with van der Waals surface area (Å²) in [5, 5.41) is 6.67. The molecule has 0 aliphatic carbocycles. The van der Waals surface area contributed by atoms with E-state index in [1.54, 1.807) is 12.3 Å². The van der Waals surface area contributed by atoms with Crippen LogP contribution in [0.4, 0.5) is 0 Å². The summed E-state index contributed by atoms with van der Waals surface area (Å²) in [6.45, 7) is 1.84. The van der Waals surface area contributed by atoms with Crippen molar-refractivity contribution in [3.8, 4) is 0 Å². The summed E-state index contributed by atoms with van der Waals surface area (Å²) in [5.41, 5.74) is 4.93. The molecule has 0 radical (unpaired) electrons. The minimum Gasteiger partial charge on any atom is -0.383 e. The lowest BCUT2D eigenvalue weighted by molar-refractivity contribution is 1.47. The minimum atomic E-state index is -0.0249. The van der Waals surface area contributed by atoms with E-state index in [1.165, 1.54) is 6.21 Å². The summed E-state index contributed by atoms with van der Waals surface area (Å²) in [6, 6.07) is 0. The van der Waals surface area contributed by atoms with Crippen LogP contribution in [0.2, 0.25) is 0 Å². The molecule has 0 aliphatic heterocycles. The number of amidine groups is 1. The first-order valence-corrected chi connectivity index (χ1v) is 2.25. The zero-order valence-electron chi connectivity index (χ0n) is 4.76. The van der Waals surface area contributed by atoms with Gasteiger partial charge in [0.15, 0.2) is 0 Å². The van der Waals surface area contributed by atoms with Crippen LogP contribution < -0.4 is 5.73 Å². The molecule has 0 spiro atoms. The van der Waals surface area contributed by atoms with Gasteiger partial charge in [0.25, 0.3) is 0 Å². The zero-order chi connectivity index (χ0) is 6.41. The van der Waals surface area contributed by atoms with Crippen LogP contribution in [0.1, 0.15) is 6.92 Å². The highest BCUT2D eigenvalue weighted by atomic mass is 14.8. The number of hydrogen-bond donors (Lipinski definition) is 2. The Morgan fingerprint density at radius 2 is 2.38 bits per heavy atom. The lowest BCUT2D eigenvalue weighted by Crippen LogP contribution is -2.09. The van der Waals surface area contributed by atoms with E-state index >= 15 is 0 Å². The SMILES string of the molecule is C/C=C\N=CC(=N)N.